The topological polar surface area (TPSA) is 52.5 Å². The molecule has 0 amide bonds. The second-order valence-electron chi connectivity index (χ2n) is 4.34. The maximum absolute atomic E-state index is 13.7. The number of hydrogen-bond acceptors (Lipinski definition) is 2. The molecule has 1 N–H and O–H groups in total. The molecule has 0 aliphatic carbocycles. The molecule has 2 aromatic rings. The Morgan fingerprint density at radius 2 is 1.62 bits per heavy atom. The third-order valence-corrected chi connectivity index (χ3v) is 6.65. The lowest BCUT2D eigenvalue weighted by molar-refractivity contribution is -0.137. The van der Waals surface area contributed by atoms with Gasteiger partial charge in [0.2, 0.25) is 0 Å². The van der Waals surface area contributed by atoms with E-state index in [1.165, 1.54) is 0 Å². The van der Waals surface area contributed by atoms with Crippen molar-refractivity contribution in [2.24, 2.45) is 0 Å². The fraction of sp³-hybridized carbons (Fsp3) is 0.167. The highest BCUT2D eigenvalue weighted by Crippen LogP contribution is 2.74. The van der Waals surface area contributed by atoms with Crippen LogP contribution in [0, 0.1) is 10.7 Å². The van der Waals surface area contributed by atoms with E-state index in [9.17, 15) is 31.6 Å². The summed E-state index contributed by atoms with van der Waals surface area (Å²) in [5.74, 6) is 0. The Hall–Kier alpha value is -1.57. The third kappa shape index (κ3) is 2.92. The Bertz CT molecular complexity index is 774. The standard InChI is InChI=1S/C12H5Cl2F6N3S/c13-7-3-6(11(15,16)17)4-8(14)10(7)24(5-21,12(18,19)20)9-1-2-22-23-9/h1-4H,(H,22,23). The molecule has 0 saturated carbocycles. The molecule has 24 heavy (non-hydrogen) atoms. The minimum Gasteiger partial charge on any atom is -0.272 e. The van der Waals surface area contributed by atoms with Gasteiger partial charge in [0.25, 0.3) is 0 Å². The fourth-order valence-corrected chi connectivity index (χ4v) is 5.26. The normalized spacial score (nSPS) is 16.3. The summed E-state index contributed by atoms with van der Waals surface area (Å²) in [7, 11) is -4.53. The van der Waals surface area contributed by atoms with E-state index < -0.39 is 47.2 Å². The molecule has 3 nitrogen and oxygen atoms in total. The van der Waals surface area contributed by atoms with Crippen LogP contribution in [0.3, 0.4) is 0 Å². The number of benzene rings is 1. The second-order valence-corrected chi connectivity index (χ2v) is 7.87. The van der Waals surface area contributed by atoms with Crippen LogP contribution in [0.5, 0.6) is 0 Å². The minimum absolute atomic E-state index is 0.309. The zero-order chi connectivity index (χ0) is 18.3. The molecule has 1 aromatic carbocycles. The second kappa shape index (κ2) is 6.06. The molecule has 0 aliphatic heterocycles. The van der Waals surface area contributed by atoms with Gasteiger partial charge < -0.3 is 0 Å². The van der Waals surface area contributed by atoms with E-state index in [0.29, 0.717) is 12.1 Å². The lowest BCUT2D eigenvalue weighted by Gasteiger charge is -2.34. The lowest BCUT2D eigenvalue weighted by atomic mass is 10.2. The third-order valence-electron chi connectivity index (χ3n) is 2.92. The van der Waals surface area contributed by atoms with Crippen molar-refractivity contribution in [2.45, 2.75) is 21.6 Å². The molecule has 12 heteroatoms. The monoisotopic (exact) mass is 407 g/mol. The summed E-state index contributed by atoms with van der Waals surface area (Å²) in [6.45, 7) is 0. The summed E-state index contributed by atoms with van der Waals surface area (Å²) in [6, 6.07) is 1.52. The van der Waals surface area contributed by atoms with Gasteiger partial charge in [0.05, 0.1) is 25.5 Å². The Kier molecular flexibility index (Phi) is 4.74. The van der Waals surface area contributed by atoms with Gasteiger partial charge in [0.15, 0.2) is 0 Å². The van der Waals surface area contributed by atoms with Crippen molar-refractivity contribution >= 4 is 33.2 Å². The predicted molar refractivity (Wildman–Crippen MR) is 75.8 cm³/mol. The van der Waals surface area contributed by atoms with Gasteiger partial charge in [-0.3, -0.25) is 5.10 Å². The van der Waals surface area contributed by atoms with Crippen molar-refractivity contribution in [3.8, 4) is 5.40 Å². The van der Waals surface area contributed by atoms with Gasteiger partial charge in [-0.05, 0) is 18.2 Å². The first-order valence-electron chi connectivity index (χ1n) is 5.81. The smallest absolute Gasteiger partial charge is 0.272 e. The predicted octanol–water partition coefficient (Wildman–Crippen LogP) is 5.96. The summed E-state index contributed by atoms with van der Waals surface area (Å²) in [4.78, 5) is -0.918. The molecule has 0 aliphatic rings. The van der Waals surface area contributed by atoms with E-state index in [2.05, 4.69) is 5.10 Å². The zero-order valence-corrected chi connectivity index (χ0v) is 13.5. The first kappa shape index (κ1) is 18.8. The first-order chi connectivity index (χ1) is 10.9. The van der Waals surface area contributed by atoms with Gasteiger partial charge in [0.1, 0.15) is 5.40 Å². The number of halogens is 8. The number of alkyl halides is 6. The Balaban J connectivity index is 2.86. The number of thiocyanates is 1. The van der Waals surface area contributed by atoms with Crippen molar-refractivity contribution < 1.29 is 26.3 Å². The molecule has 1 unspecified atom stereocenters. The largest absolute Gasteiger partial charge is 0.446 e. The van der Waals surface area contributed by atoms with Crippen LogP contribution in [0.4, 0.5) is 26.3 Å². The molecule has 1 aromatic heterocycles. The Labute approximate surface area is 142 Å². The SMILES string of the molecule is N#CS(c1ccn[nH]1)(c1c(Cl)cc(C(F)(F)F)cc1Cl)C(F)(F)F. The van der Waals surface area contributed by atoms with E-state index in [1.807, 2.05) is 5.10 Å². The van der Waals surface area contributed by atoms with E-state index >= 15 is 0 Å². The van der Waals surface area contributed by atoms with Crippen molar-refractivity contribution in [2.75, 3.05) is 0 Å². The highest BCUT2D eigenvalue weighted by atomic mass is 35.5. The van der Waals surface area contributed by atoms with Gasteiger partial charge in [0, 0.05) is 16.2 Å². The number of rotatable bonds is 2. The number of nitrogens with zero attached hydrogens (tertiary/aromatic N) is 2. The average molecular weight is 408 g/mol. The number of aromatic nitrogens is 2. The van der Waals surface area contributed by atoms with Crippen LogP contribution in [-0.4, -0.2) is 15.7 Å². The summed E-state index contributed by atoms with van der Waals surface area (Å²) in [6.07, 6.45) is -3.88. The highest BCUT2D eigenvalue weighted by Gasteiger charge is 2.56. The van der Waals surface area contributed by atoms with E-state index in [0.717, 1.165) is 17.7 Å². The van der Waals surface area contributed by atoms with Gasteiger partial charge in [-0.25, -0.2) is 0 Å². The first-order valence-corrected chi connectivity index (χ1v) is 8.20. The van der Waals surface area contributed by atoms with Crippen molar-refractivity contribution in [3.63, 3.8) is 0 Å². The summed E-state index contributed by atoms with van der Waals surface area (Å²) in [5, 5.41) is 13.4. The number of nitriles is 1. The Morgan fingerprint density at radius 3 is 1.96 bits per heavy atom. The Morgan fingerprint density at radius 1 is 1.08 bits per heavy atom. The molecule has 0 saturated heterocycles. The molecule has 0 bridgehead atoms. The van der Waals surface area contributed by atoms with Gasteiger partial charge in [-0.2, -0.15) is 36.7 Å². The van der Waals surface area contributed by atoms with Crippen LogP contribution in [0.15, 0.2) is 34.3 Å². The molecule has 0 radical (unpaired) electrons. The summed E-state index contributed by atoms with van der Waals surface area (Å²) >= 11 is 11.4. The molecular weight excluding hydrogens is 403 g/mol. The molecular formula is C12H5Cl2F6N3S. The van der Waals surface area contributed by atoms with Crippen molar-refractivity contribution in [1.29, 1.82) is 5.26 Å². The van der Waals surface area contributed by atoms with Crippen LogP contribution in [-0.2, 0) is 6.18 Å². The lowest BCUT2D eigenvalue weighted by Crippen LogP contribution is -2.21. The van der Waals surface area contributed by atoms with Crippen molar-refractivity contribution in [3.05, 3.63) is 40.0 Å². The maximum atomic E-state index is 13.7. The zero-order valence-electron chi connectivity index (χ0n) is 11.1. The van der Waals surface area contributed by atoms with Crippen LogP contribution in [0.2, 0.25) is 10.0 Å². The quantitative estimate of drug-likeness (QED) is 0.493. The maximum Gasteiger partial charge on any atom is 0.446 e. The average Bonchev–Trinajstić information content (AvgIpc) is 2.94. The summed E-state index contributed by atoms with van der Waals surface area (Å²) in [5.41, 5.74) is -6.47. The summed E-state index contributed by atoms with van der Waals surface area (Å²) < 4.78 is 79.5. The number of aromatic amines is 1. The highest BCUT2D eigenvalue weighted by molar-refractivity contribution is 8.38. The molecule has 2 rings (SSSR count). The van der Waals surface area contributed by atoms with Gasteiger partial charge in [-0.15, -0.1) is 0 Å². The van der Waals surface area contributed by atoms with Crippen LogP contribution in [0.25, 0.3) is 0 Å². The van der Waals surface area contributed by atoms with Crippen LogP contribution in [0.1, 0.15) is 5.56 Å². The van der Waals surface area contributed by atoms with Gasteiger partial charge >= 0.3 is 11.7 Å². The van der Waals surface area contributed by atoms with Crippen LogP contribution >= 0.6 is 33.2 Å². The van der Waals surface area contributed by atoms with E-state index in [-0.39, 0.29) is 0 Å². The fourth-order valence-electron chi connectivity index (χ4n) is 1.93. The molecule has 1 atom stereocenters. The van der Waals surface area contributed by atoms with E-state index in [4.69, 9.17) is 23.2 Å². The molecule has 0 fully saturated rings. The van der Waals surface area contributed by atoms with E-state index in [1.54, 1.807) is 0 Å². The van der Waals surface area contributed by atoms with Gasteiger partial charge in [-0.1, -0.05) is 23.2 Å². The van der Waals surface area contributed by atoms with Crippen molar-refractivity contribution in [1.82, 2.24) is 10.2 Å². The van der Waals surface area contributed by atoms with Crippen LogP contribution < -0.4 is 0 Å². The number of H-pyrrole nitrogens is 1. The molecule has 0 spiro atoms. The number of hydrogen-bond donors (Lipinski definition) is 1. The number of nitrogens with one attached hydrogen (secondary N) is 1. The minimum atomic E-state index is -5.15. The molecule has 130 valence electrons. The molecule has 1 heterocycles.